The van der Waals surface area contributed by atoms with Gasteiger partial charge >= 0.3 is 12.2 Å². The number of cyclic esters (lactones) is 2. The molecule has 0 bridgehead atoms. The van der Waals surface area contributed by atoms with Gasteiger partial charge in [-0.3, -0.25) is 0 Å². The molecule has 0 spiro atoms. The number of carbonyl (C=O) groups is 2. The average molecular weight is 231 g/mol. The second-order valence-corrected chi connectivity index (χ2v) is 4.41. The number of amides is 1. The SMILES string of the molecule is CC(C)(C)OC(=O)N1CCOC(=O)OCC1. The van der Waals surface area contributed by atoms with Gasteiger partial charge in [0.1, 0.15) is 18.8 Å². The molecule has 1 aliphatic rings. The highest BCUT2D eigenvalue weighted by atomic mass is 16.7. The maximum atomic E-state index is 11.7. The highest BCUT2D eigenvalue weighted by Crippen LogP contribution is 2.10. The van der Waals surface area contributed by atoms with E-state index < -0.39 is 17.8 Å². The van der Waals surface area contributed by atoms with E-state index in [1.807, 2.05) is 0 Å². The normalized spacial score (nSPS) is 17.9. The minimum atomic E-state index is -0.691. The van der Waals surface area contributed by atoms with Crippen molar-refractivity contribution in [2.75, 3.05) is 26.3 Å². The molecule has 16 heavy (non-hydrogen) atoms. The third-order valence-corrected chi connectivity index (χ3v) is 1.81. The summed E-state index contributed by atoms with van der Waals surface area (Å²) >= 11 is 0. The van der Waals surface area contributed by atoms with Gasteiger partial charge in [0.05, 0.1) is 13.1 Å². The van der Waals surface area contributed by atoms with Crippen molar-refractivity contribution < 1.29 is 23.8 Å². The molecule has 0 aromatic carbocycles. The number of rotatable bonds is 0. The molecule has 0 unspecified atom stereocenters. The number of ether oxygens (including phenoxy) is 3. The van der Waals surface area contributed by atoms with Crippen LogP contribution in [-0.4, -0.2) is 49.1 Å². The summed E-state index contributed by atoms with van der Waals surface area (Å²) in [7, 11) is 0. The molecule has 0 radical (unpaired) electrons. The number of hydrogen-bond donors (Lipinski definition) is 0. The lowest BCUT2D eigenvalue weighted by atomic mass is 10.2. The van der Waals surface area contributed by atoms with Crippen molar-refractivity contribution in [3.05, 3.63) is 0 Å². The Hall–Kier alpha value is -1.46. The molecular weight excluding hydrogens is 214 g/mol. The van der Waals surface area contributed by atoms with Gasteiger partial charge in [0.15, 0.2) is 0 Å². The summed E-state index contributed by atoms with van der Waals surface area (Å²) in [6.45, 7) is 6.28. The van der Waals surface area contributed by atoms with Gasteiger partial charge in [-0.05, 0) is 20.8 Å². The lowest BCUT2D eigenvalue weighted by molar-refractivity contribution is -0.00435. The minimum absolute atomic E-state index is 0.123. The van der Waals surface area contributed by atoms with E-state index in [1.165, 1.54) is 4.90 Å². The Labute approximate surface area is 94.4 Å². The first-order valence-corrected chi connectivity index (χ1v) is 5.16. The summed E-state index contributed by atoms with van der Waals surface area (Å²) in [5, 5.41) is 0. The maximum absolute atomic E-state index is 11.7. The molecule has 6 nitrogen and oxygen atoms in total. The fourth-order valence-electron chi connectivity index (χ4n) is 1.14. The summed E-state index contributed by atoms with van der Waals surface area (Å²) in [4.78, 5) is 23.9. The van der Waals surface area contributed by atoms with E-state index in [-0.39, 0.29) is 13.2 Å². The van der Waals surface area contributed by atoms with E-state index in [9.17, 15) is 9.59 Å². The van der Waals surface area contributed by atoms with Crippen LogP contribution in [0.1, 0.15) is 20.8 Å². The largest absolute Gasteiger partial charge is 0.508 e. The second-order valence-electron chi connectivity index (χ2n) is 4.41. The van der Waals surface area contributed by atoms with E-state index >= 15 is 0 Å². The Morgan fingerprint density at radius 2 is 1.75 bits per heavy atom. The molecule has 6 heteroatoms. The van der Waals surface area contributed by atoms with Crippen LogP contribution in [0.5, 0.6) is 0 Å². The topological polar surface area (TPSA) is 65.1 Å². The van der Waals surface area contributed by atoms with Crippen LogP contribution in [0.2, 0.25) is 0 Å². The number of nitrogens with zero attached hydrogens (tertiary/aromatic N) is 1. The molecule has 0 aliphatic carbocycles. The molecule has 0 N–H and O–H groups in total. The molecule has 0 aromatic heterocycles. The van der Waals surface area contributed by atoms with Crippen molar-refractivity contribution in [1.29, 1.82) is 0 Å². The lowest BCUT2D eigenvalue weighted by Gasteiger charge is -2.28. The monoisotopic (exact) mass is 231 g/mol. The third kappa shape index (κ3) is 4.37. The smallest absolute Gasteiger partial charge is 0.444 e. The number of hydrogen-bond acceptors (Lipinski definition) is 5. The summed E-state index contributed by atoms with van der Waals surface area (Å²) in [5.41, 5.74) is -0.531. The average Bonchev–Trinajstić information content (AvgIpc) is 2.07. The maximum Gasteiger partial charge on any atom is 0.508 e. The molecule has 1 amide bonds. The summed E-state index contributed by atoms with van der Waals surface area (Å²) in [6.07, 6.45) is -1.11. The zero-order valence-corrected chi connectivity index (χ0v) is 9.82. The zero-order chi connectivity index (χ0) is 12.2. The predicted octanol–water partition coefficient (Wildman–Crippen LogP) is 1.39. The Kier molecular flexibility index (Phi) is 3.98. The Morgan fingerprint density at radius 1 is 1.25 bits per heavy atom. The molecule has 1 heterocycles. The van der Waals surface area contributed by atoms with E-state index in [2.05, 4.69) is 9.47 Å². The summed E-state index contributed by atoms with van der Waals surface area (Å²) in [6, 6.07) is 0. The molecule has 0 aromatic rings. The van der Waals surface area contributed by atoms with Crippen LogP contribution in [0.25, 0.3) is 0 Å². The molecule has 1 rings (SSSR count). The second kappa shape index (κ2) is 5.05. The molecule has 1 fully saturated rings. The summed E-state index contributed by atoms with van der Waals surface area (Å²) in [5.74, 6) is 0. The first kappa shape index (κ1) is 12.6. The Bertz CT molecular complexity index is 259. The Balaban J connectivity index is 2.46. The molecule has 92 valence electrons. The lowest BCUT2D eigenvalue weighted by Crippen LogP contribution is -2.42. The molecule has 1 saturated heterocycles. The molecule has 1 aliphatic heterocycles. The van der Waals surface area contributed by atoms with Crippen LogP contribution >= 0.6 is 0 Å². The highest BCUT2D eigenvalue weighted by Gasteiger charge is 2.23. The van der Waals surface area contributed by atoms with Crippen molar-refractivity contribution in [1.82, 2.24) is 4.90 Å². The first-order valence-electron chi connectivity index (χ1n) is 5.16. The van der Waals surface area contributed by atoms with Crippen molar-refractivity contribution in [2.45, 2.75) is 26.4 Å². The van der Waals surface area contributed by atoms with E-state index in [0.717, 1.165) is 0 Å². The van der Waals surface area contributed by atoms with Crippen LogP contribution in [0.15, 0.2) is 0 Å². The van der Waals surface area contributed by atoms with Gasteiger partial charge in [-0.1, -0.05) is 0 Å². The predicted molar refractivity (Wildman–Crippen MR) is 55.1 cm³/mol. The van der Waals surface area contributed by atoms with Gasteiger partial charge in [0, 0.05) is 0 Å². The van der Waals surface area contributed by atoms with Crippen molar-refractivity contribution in [3.8, 4) is 0 Å². The number of carbonyl (C=O) groups excluding carboxylic acids is 2. The highest BCUT2D eigenvalue weighted by molar-refractivity contribution is 5.68. The van der Waals surface area contributed by atoms with Gasteiger partial charge in [0.2, 0.25) is 0 Å². The van der Waals surface area contributed by atoms with Crippen molar-refractivity contribution in [3.63, 3.8) is 0 Å². The van der Waals surface area contributed by atoms with Crippen LogP contribution in [0, 0.1) is 0 Å². The quantitative estimate of drug-likeness (QED) is 0.589. The fourth-order valence-corrected chi connectivity index (χ4v) is 1.14. The zero-order valence-electron chi connectivity index (χ0n) is 9.82. The van der Waals surface area contributed by atoms with Gasteiger partial charge in [-0.15, -0.1) is 0 Å². The van der Waals surface area contributed by atoms with E-state index in [4.69, 9.17) is 4.74 Å². The molecular formula is C10H17NO5. The van der Waals surface area contributed by atoms with Gasteiger partial charge in [-0.25, -0.2) is 9.59 Å². The minimum Gasteiger partial charge on any atom is -0.444 e. The van der Waals surface area contributed by atoms with Crippen molar-refractivity contribution >= 4 is 12.2 Å². The van der Waals surface area contributed by atoms with Crippen LogP contribution in [0.4, 0.5) is 9.59 Å². The molecule has 0 atom stereocenters. The van der Waals surface area contributed by atoms with Crippen LogP contribution in [-0.2, 0) is 14.2 Å². The third-order valence-electron chi connectivity index (χ3n) is 1.81. The standard InChI is InChI=1S/C10H17NO5/c1-10(2,3)16-8(12)11-4-6-14-9(13)15-7-5-11/h4-7H2,1-3H3. The van der Waals surface area contributed by atoms with Gasteiger partial charge in [0.25, 0.3) is 0 Å². The van der Waals surface area contributed by atoms with Crippen molar-refractivity contribution in [2.24, 2.45) is 0 Å². The van der Waals surface area contributed by atoms with Gasteiger partial charge < -0.3 is 19.1 Å². The van der Waals surface area contributed by atoms with E-state index in [1.54, 1.807) is 20.8 Å². The van der Waals surface area contributed by atoms with Crippen LogP contribution < -0.4 is 0 Å². The Morgan fingerprint density at radius 3 is 2.19 bits per heavy atom. The fraction of sp³-hybridized carbons (Fsp3) is 0.800. The first-order chi connectivity index (χ1) is 7.38. The molecule has 0 saturated carbocycles. The van der Waals surface area contributed by atoms with E-state index in [0.29, 0.717) is 13.1 Å². The van der Waals surface area contributed by atoms with Crippen LogP contribution in [0.3, 0.4) is 0 Å². The summed E-state index contributed by atoms with van der Waals surface area (Å²) < 4.78 is 14.6. The van der Waals surface area contributed by atoms with Gasteiger partial charge in [-0.2, -0.15) is 0 Å².